The fourth-order valence-corrected chi connectivity index (χ4v) is 2.42. The van der Waals surface area contributed by atoms with Crippen LogP contribution in [0, 0.1) is 12.8 Å². The number of anilines is 1. The molecule has 1 heterocycles. The Morgan fingerprint density at radius 1 is 1.42 bits per heavy atom. The van der Waals surface area contributed by atoms with Crippen molar-refractivity contribution < 1.29 is 9.90 Å². The van der Waals surface area contributed by atoms with Crippen LogP contribution in [0.1, 0.15) is 31.4 Å². The molecule has 0 unspecified atom stereocenters. The minimum Gasteiger partial charge on any atom is -0.393 e. The Morgan fingerprint density at radius 3 is 2.95 bits per heavy atom. The van der Waals surface area contributed by atoms with Crippen molar-refractivity contribution in [3.05, 3.63) is 23.9 Å². The molecule has 5 nitrogen and oxygen atoms in total. The first-order chi connectivity index (χ1) is 9.15. The Morgan fingerprint density at radius 2 is 2.21 bits per heavy atom. The van der Waals surface area contributed by atoms with Crippen LogP contribution in [0.2, 0.25) is 0 Å². The first-order valence-corrected chi connectivity index (χ1v) is 6.82. The summed E-state index contributed by atoms with van der Waals surface area (Å²) >= 11 is 0. The van der Waals surface area contributed by atoms with Crippen molar-refractivity contribution in [2.75, 3.05) is 11.9 Å². The van der Waals surface area contributed by atoms with Crippen LogP contribution in [-0.2, 0) is 0 Å². The zero-order valence-electron chi connectivity index (χ0n) is 11.2. The van der Waals surface area contributed by atoms with Crippen LogP contribution in [0.5, 0.6) is 0 Å². The van der Waals surface area contributed by atoms with Gasteiger partial charge in [0.05, 0.1) is 6.10 Å². The number of amides is 2. The van der Waals surface area contributed by atoms with E-state index in [1.165, 1.54) is 0 Å². The van der Waals surface area contributed by atoms with Crippen LogP contribution in [0.4, 0.5) is 10.6 Å². The summed E-state index contributed by atoms with van der Waals surface area (Å²) in [5.41, 5.74) is 0.862. The van der Waals surface area contributed by atoms with E-state index in [4.69, 9.17) is 0 Å². The number of carbonyl (C=O) groups is 1. The van der Waals surface area contributed by atoms with E-state index in [-0.39, 0.29) is 18.1 Å². The van der Waals surface area contributed by atoms with Crippen LogP contribution in [0.3, 0.4) is 0 Å². The van der Waals surface area contributed by atoms with Gasteiger partial charge in [0.2, 0.25) is 0 Å². The number of aromatic nitrogens is 1. The highest BCUT2D eigenvalue weighted by Crippen LogP contribution is 2.23. The second kappa shape index (κ2) is 6.52. The summed E-state index contributed by atoms with van der Waals surface area (Å²) in [7, 11) is 0. The number of rotatable bonds is 3. The van der Waals surface area contributed by atoms with Crippen LogP contribution >= 0.6 is 0 Å². The molecule has 1 aromatic rings. The van der Waals surface area contributed by atoms with Crippen molar-refractivity contribution in [2.45, 2.75) is 38.7 Å². The fraction of sp³-hybridized carbons (Fsp3) is 0.571. The molecule has 0 aliphatic heterocycles. The lowest BCUT2D eigenvalue weighted by molar-refractivity contribution is 0.0711. The number of nitrogens with one attached hydrogen (secondary N) is 2. The molecule has 2 rings (SSSR count). The third-order valence-corrected chi connectivity index (χ3v) is 3.52. The average molecular weight is 263 g/mol. The number of pyridine rings is 1. The summed E-state index contributed by atoms with van der Waals surface area (Å²) < 4.78 is 0. The number of hydrogen-bond acceptors (Lipinski definition) is 3. The molecule has 0 saturated heterocycles. The van der Waals surface area contributed by atoms with Gasteiger partial charge in [-0.3, -0.25) is 5.32 Å². The molecule has 1 fully saturated rings. The van der Waals surface area contributed by atoms with Crippen LogP contribution < -0.4 is 10.6 Å². The number of aliphatic hydroxyl groups excluding tert-OH is 1. The molecule has 0 aromatic carbocycles. The van der Waals surface area contributed by atoms with E-state index in [2.05, 4.69) is 15.6 Å². The van der Waals surface area contributed by atoms with Crippen LogP contribution in [0.25, 0.3) is 0 Å². The lowest BCUT2D eigenvalue weighted by atomic mass is 9.86. The first kappa shape index (κ1) is 13.8. The maximum absolute atomic E-state index is 11.7. The maximum atomic E-state index is 11.7. The predicted octanol–water partition coefficient (Wildman–Crippen LogP) is 2.06. The zero-order chi connectivity index (χ0) is 13.7. The van der Waals surface area contributed by atoms with Crippen molar-refractivity contribution in [1.29, 1.82) is 0 Å². The number of carbonyl (C=O) groups excluding carboxylic acids is 1. The second-order valence-electron chi connectivity index (χ2n) is 5.11. The third-order valence-electron chi connectivity index (χ3n) is 3.52. The monoisotopic (exact) mass is 263 g/mol. The van der Waals surface area contributed by atoms with E-state index in [1.54, 1.807) is 6.07 Å². The molecule has 2 atom stereocenters. The normalized spacial score (nSPS) is 22.8. The van der Waals surface area contributed by atoms with Crippen molar-refractivity contribution in [3.63, 3.8) is 0 Å². The molecule has 5 heteroatoms. The standard InChI is InChI=1S/C14H21N3O2/c1-10-5-4-8-13(16-10)17-14(19)15-9-11-6-2-3-7-12(11)18/h4-5,8,11-12,18H,2-3,6-7,9H2,1H3,(H2,15,16,17,19)/t11-,12-/m1/s1. The smallest absolute Gasteiger partial charge is 0.320 e. The van der Waals surface area contributed by atoms with Gasteiger partial charge < -0.3 is 10.4 Å². The van der Waals surface area contributed by atoms with E-state index in [0.29, 0.717) is 12.4 Å². The van der Waals surface area contributed by atoms with Crippen LogP contribution in [-0.4, -0.2) is 28.8 Å². The SMILES string of the molecule is Cc1cccc(NC(=O)NC[C@H]2CCCC[C@H]2O)n1. The summed E-state index contributed by atoms with van der Waals surface area (Å²) in [5.74, 6) is 0.715. The van der Waals surface area contributed by atoms with Crippen LogP contribution in [0.15, 0.2) is 18.2 Å². The van der Waals surface area contributed by atoms with Gasteiger partial charge in [-0.25, -0.2) is 9.78 Å². The van der Waals surface area contributed by atoms with Crippen molar-refractivity contribution in [2.24, 2.45) is 5.92 Å². The molecule has 3 N–H and O–H groups in total. The summed E-state index contributed by atoms with van der Waals surface area (Å²) in [4.78, 5) is 15.9. The van der Waals surface area contributed by atoms with Gasteiger partial charge in [-0.05, 0) is 31.9 Å². The predicted molar refractivity (Wildman–Crippen MR) is 74.0 cm³/mol. The lowest BCUT2D eigenvalue weighted by Gasteiger charge is -2.27. The lowest BCUT2D eigenvalue weighted by Crippen LogP contribution is -2.38. The summed E-state index contributed by atoms with van der Waals surface area (Å²) in [6.07, 6.45) is 3.74. The van der Waals surface area contributed by atoms with Gasteiger partial charge in [-0.1, -0.05) is 18.9 Å². The molecule has 1 aliphatic rings. The van der Waals surface area contributed by atoms with Crippen molar-refractivity contribution in [3.8, 4) is 0 Å². The summed E-state index contributed by atoms with van der Waals surface area (Å²) in [6, 6.07) is 5.21. The Bertz CT molecular complexity index is 436. The number of aliphatic hydroxyl groups is 1. The molecule has 104 valence electrons. The van der Waals surface area contributed by atoms with Gasteiger partial charge in [-0.15, -0.1) is 0 Å². The molecule has 0 radical (unpaired) electrons. The quantitative estimate of drug-likeness (QED) is 0.781. The highest BCUT2D eigenvalue weighted by molar-refractivity contribution is 5.88. The first-order valence-electron chi connectivity index (χ1n) is 6.82. The number of urea groups is 1. The molecule has 1 aliphatic carbocycles. The molecular weight excluding hydrogens is 242 g/mol. The fourth-order valence-electron chi connectivity index (χ4n) is 2.42. The number of nitrogens with zero attached hydrogens (tertiary/aromatic N) is 1. The molecule has 1 aromatic heterocycles. The molecule has 2 amide bonds. The van der Waals surface area contributed by atoms with Gasteiger partial charge >= 0.3 is 6.03 Å². The Balaban J connectivity index is 1.78. The molecule has 19 heavy (non-hydrogen) atoms. The van der Waals surface area contributed by atoms with E-state index in [9.17, 15) is 9.90 Å². The molecule has 1 saturated carbocycles. The minimum absolute atomic E-state index is 0.171. The van der Waals surface area contributed by atoms with Gasteiger partial charge in [0, 0.05) is 18.2 Å². The Kier molecular flexibility index (Phi) is 4.74. The van der Waals surface area contributed by atoms with Gasteiger partial charge in [-0.2, -0.15) is 0 Å². The molecular formula is C14H21N3O2. The minimum atomic E-state index is -0.286. The number of hydrogen-bond donors (Lipinski definition) is 3. The van der Waals surface area contributed by atoms with Gasteiger partial charge in [0.1, 0.15) is 5.82 Å². The summed E-state index contributed by atoms with van der Waals surface area (Å²) in [6.45, 7) is 2.39. The third kappa shape index (κ3) is 4.21. The van der Waals surface area contributed by atoms with E-state index < -0.39 is 0 Å². The van der Waals surface area contributed by atoms with E-state index in [0.717, 1.165) is 31.4 Å². The molecule has 0 bridgehead atoms. The Hall–Kier alpha value is -1.62. The maximum Gasteiger partial charge on any atom is 0.320 e. The van der Waals surface area contributed by atoms with Crippen molar-refractivity contribution >= 4 is 11.8 Å². The second-order valence-corrected chi connectivity index (χ2v) is 5.11. The van der Waals surface area contributed by atoms with Gasteiger partial charge in [0.25, 0.3) is 0 Å². The molecule has 0 spiro atoms. The van der Waals surface area contributed by atoms with E-state index in [1.807, 2.05) is 19.1 Å². The van der Waals surface area contributed by atoms with Crippen molar-refractivity contribution in [1.82, 2.24) is 10.3 Å². The van der Waals surface area contributed by atoms with Gasteiger partial charge in [0.15, 0.2) is 0 Å². The Labute approximate surface area is 113 Å². The summed E-state index contributed by atoms with van der Waals surface area (Å²) in [5, 5.41) is 15.3. The largest absolute Gasteiger partial charge is 0.393 e. The highest BCUT2D eigenvalue weighted by atomic mass is 16.3. The number of aryl methyl sites for hydroxylation is 1. The average Bonchev–Trinajstić information content (AvgIpc) is 2.38. The topological polar surface area (TPSA) is 74.2 Å². The van der Waals surface area contributed by atoms with E-state index >= 15 is 0 Å². The highest BCUT2D eigenvalue weighted by Gasteiger charge is 2.23. The zero-order valence-corrected chi connectivity index (χ0v) is 11.2.